The maximum absolute atomic E-state index is 12.8. The Morgan fingerprint density at radius 1 is 1.09 bits per heavy atom. The van der Waals surface area contributed by atoms with Gasteiger partial charge in [0, 0.05) is 48.9 Å². The molecule has 0 bridgehead atoms. The van der Waals surface area contributed by atoms with Crippen molar-refractivity contribution in [1.29, 1.82) is 0 Å². The van der Waals surface area contributed by atoms with Gasteiger partial charge in [-0.25, -0.2) is 0 Å². The van der Waals surface area contributed by atoms with E-state index in [9.17, 15) is 9.90 Å². The number of piperazine rings is 1. The summed E-state index contributed by atoms with van der Waals surface area (Å²) in [5.74, 6) is 0.786. The van der Waals surface area contributed by atoms with Gasteiger partial charge in [-0.15, -0.1) is 0 Å². The van der Waals surface area contributed by atoms with E-state index in [-0.39, 0.29) is 27.9 Å². The SMILES string of the molecule is COc1c(OCCCCN2CCN(C)CC2)cc(O)c2c(=O)cc(-c3ccc(Cl)cc3)oc12. The lowest BCUT2D eigenvalue weighted by Gasteiger charge is -2.32. The van der Waals surface area contributed by atoms with Crippen LogP contribution in [0.3, 0.4) is 0 Å². The molecule has 33 heavy (non-hydrogen) atoms. The molecular formula is C25H29ClN2O5. The van der Waals surface area contributed by atoms with E-state index in [1.54, 1.807) is 24.3 Å². The van der Waals surface area contributed by atoms with Crippen LogP contribution in [0.25, 0.3) is 22.3 Å². The van der Waals surface area contributed by atoms with Crippen LogP contribution >= 0.6 is 11.6 Å². The van der Waals surface area contributed by atoms with Gasteiger partial charge in [-0.3, -0.25) is 4.79 Å². The van der Waals surface area contributed by atoms with Gasteiger partial charge in [0.2, 0.25) is 5.75 Å². The van der Waals surface area contributed by atoms with E-state index in [4.69, 9.17) is 25.5 Å². The predicted molar refractivity (Wildman–Crippen MR) is 130 cm³/mol. The summed E-state index contributed by atoms with van der Waals surface area (Å²) in [5, 5.41) is 11.2. The number of halogens is 1. The lowest BCUT2D eigenvalue weighted by molar-refractivity contribution is 0.149. The first-order valence-corrected chi connectivity index (χ1v) is 11.5. The lowest BCUT2D eigenvalue weighted by atomic mass is 10.1. The molecule has 2 heterocycles. The molecule has 1 saturated heterocycles. The molecule has 8 heteroatoms. The smallest absolute Gasteiger partial charge is 0.205 e. The van der Waals surface area contributed by atoms with E-state index in [1.807, 2.05) is 0 Å². The summed E-state index contributed by atoms with van der Waals surface area (Å²) in [4.78, 5) is 17.6. The molecule has 1 aliphatic rings. The Morgan fingerprint density at radius 3 is 2.52 bits per heavy atom. The Morgan fingerprint density at radius 2 is 1.82 bits per heavy atom. The summed E-state index contributed by atoms with van der Waals surface area (Å²) in [6.45, 7) is 5.91. The second kappa shape index (κ2) is 10.5. The predicted octanol–water partition coefficient (Wildman–Crippen LogP) is 4.23. The van der Waals surface area contributed by atoms with Crippen LogP contribution < -0.4 is 14.9 Å². The van der Waals surface area contributed by atoms with Crippen LogP contribution in [0.4, 0.5) is 0 Å². The third-order valence-electron chi connectivity index (χ3n) is 5.96. The van der Waals surface area contributed by atoms with Gasteiger partial charge in [-0.1, -0.05) is 11.6 Å². The van der Waals surface area contributed by atoms with E-state index in [1.165, 1.54) is 19.2 Å². The maximum atomic E-state index is 12.8. The zero-order chi connectivity index (χ0) is 23.4. The largest absolute Gasteiger partial charge is 0.507 e. The Bertz CT molecular complexity index is 1150. The van der Waals surface area contributed by atoms with Crippen molar-refractivity contribution in [2.45, 2.75) is 12.8 Å². The van der Waals surface area contributed by atoms with Gasteiger partial charge < -0.3 is 28.8 Å². The van der Waals surface area contributed by atoms with Crippen molar-refractivity contribution in [2.24, 2.45) is 0 Å². The summed E-state index contributed by atoms with van der Waals surface area (Å²) < 4.78 is 17.5. The van der Waals surface area contributed by atoms with E-state index >= 15 is 0 Å². The molecule has 2 aromatic carbocycles. The second-order valence-corrected chi connectivity index (χ2v) is 8.75. The number of phenols is 1. The number of hydrogen-bond acceptors (Lipinski definition) is 7. The summed E-state index contributed by atoms with van der Waals surface area (Å²) >= 11 is 5.97. The summed E-state index contributed by atoms with van der Waals surface area (Å²) in [6, 6.07) is 9.73. The van der Waals surface area contributed by atoms with Crippen LogP contribution in [0, 0.1) is 0 Å². The lowest BCUT2D eigenvalue weighted by Crippen LogP contribution is -2.44. The highest BCUT2D eigenvalue weighted by atomic mass is 35.5. The van der Waals surface area contributed by atoms with Crippen LogP contribution in [0.1, 0.15) is 12.8 Å². The molecule has 4 rings (SSSR count). The number of likely N-dealkylation sites (N-methyl/N-ethyl adjacent to an activating group) is 1. The number of nitrogens with zero attached hydrogens (tertiary/aromatic N) is 2. The molecule has 0 saturated carbocycles. The standard InChI is InChI=1S/C25H29ClN2O5/c1-27-10-12-28(13-11-27)9-3-4-14-32-22-16-20(30)23-19(29)15-21(33-25(23)24(22)31-2)17-5-7-18(26)8-6-17/h5-8,15-16,30H,3-4,9-14H2,1-2H3. The van der Waals surface area contributed by atoms with Gasteiger partial charge in [0.15, 0.2) is 16.8 Å². The number of methoxy groups -OCH3 is 1. The number of phenolic OH excluding ortho intramolecular Hbond substituents is 1. The molecule has 0 amide bonds. The monoisotopic (exact) mass is 472 g/mol. The number of benzene rings is 2. The van der Waals surface area contributed by atoms with Crippen LogP contribution in [0.2, 0.25) is 5.02 Å². The molecule has 0 atom stereocenters. The van der Waals surface area contributed by atoms with Gasteiger partial charge in [-0.05, 0) is 50.7 Å². The quantitative estimate of drug-likeness (QED) is 0.491. The van der Waals surface area contributed by atoms with Crippen LogP contribution in [-0.4, -0.2) is 68.4 Å². The minimum absolute atomic E-state index is 0.0620. The molecule has 176 valence electrons. The Kier molecular flexibility index (Phi) is 7.42. The number of hydrogen-bond donors (Lipinski definition) is 1. The van der Waals surface area contributed by atoms with E-state index in [0.717, 1.165) is 45.6 Å². The molecule has 0 radical (unpaired) electrons. The first kappa shape index (κ1) is 23.4. The molecule has 1 aliphatic heterocycles. The molecule has 7 nitrogen and oxygen atoms in total. The zero-order valence-corrected chi connectivity index (χ0v) is 19.7. The van der Waals surface area contributed by atoms with E-state index < -0.39 is 0 Å². The fourth-order valence-corrected chi connectivity index (χ4v) is 4.14. The molecule has 0 spiro atoms. The fraction of sp³-hybridized carbons (Fsp3) is 0.400. The van der Waals surface area contributed by atoms with Gasteiger partial charge in [0.05, 0.1) is 13.7 Å². The van der Waals surface area contributed by atoms with Gasteiger partial charge in [0.1, 0.15) is 16.9 Å². The molecule has 3 aromatic rings. The molecule has 1 N–H and O–H groups in total. The van der Waals surface area contributed by atoms with Gasteiger partial charge >= 0.3 is 0 Å². The van der Waals surface area contributed by atoms with Crippen molar-refractivity contribution < 1.29 is 19.0 Å². The third-order valence-corrected chi connectivity index (χ3v) is 6.21. The van der Waals surface area contributed by atoms with Crippen molar-refractivity contribution in [2.75, 3.05) is 53.5 Å². The minimum atomic E-state index is -0.365. The second-order valence-electron chi connectivity index (χ2n) is 8.31. The highest BCUT2D eigenvalue weighted by Crippen LogP contribution is 2.41. The first-order valence-electron chi connectivity index (χ1n) is 11.1. The molecule has 0 aliphatic carbocycles. The van der Waals surface area contributed by atoms with Crippen molar-refractivity contribution in [3.05, 3.63) is 51.6 Å². The van der Waals surface area contributed by atoms with E-state index in [0.29, 0.717) is 28.7 Å². The van der Waals surface area contributed by atoms with E-state index in [2.05, 4.69) is 16.8 Å². The first-order chi connectivity index (χ1) is 16.0. The molecular weight excluding hydrogens is 444 g/mol. The third kappa shape index (κ3) is 5.43. The number of fused-ring (bicyclic) bond motifs is 1. The van der Waals surface area contributed by atoms with Gasteiger partial charge in [0.25, 0.3) is 0 Å². The summed E-state index contributed by atoms with van der Waals surface area (Å²) in [6.07, 6.45) is 1.88. The van der Waals surface area contributed by atoms with Crippen LogP contribution in [0.15, 0.2) is 45.6 Å². The fourth-order valence-electron chi connectivity index (χ4n) is 4.02. The molecule has 0 unspecified atom stereocenters. The van der Waals surface area contributed by atoms with Gasteiger partial charge in [-0.2, -0.15) is 0 Å². The topological polar surface area (TPSA) is 75.4 Å². The average molecular weight is 473 g/mol. The summed E-state index contributed by atoms with van der Waals surface area (Å²) in [5.41, 5.74) is 0.480. The molecule has 1 fully saturated rings. The number of ether oxygens (including phenoxy) is 2. The Hall–Kier alpha value is -2.74. The highest BCUT2D eigenvalue weighted by Gasteiger charge is 2.20. The number of rotatable bonds is 8. The van der Waals surface area contributed by atoms with Crippen molar-refractivity contribution in [1.82, 2.24) is 9.80 Å². The number of aromatic hydroxyl groups is 1. The van der Waals surface area contributed by atoms with Crippen LogP contribution in [-0.2, 0) is 0 Å². The van der Waals surface area contributed by atoms with Crippen LogP contribution in [0.5, 0.6) is 17.2 Å². The molecule has 1 aromatic heterocycles. The summed E-state index contributed by atoms with van der Waals surface area (Å²) in [7, 11) is 3.64. The normalized spacial score (nSPS) is 15.1. The number of unbranched alkanes of at least 4 members (excludes halogenated alkanes) is 1. The minimum Gasteiger partial charge on any atom is -0.507 e. The van der Waals surface area contributed by atoms with Crippen molar-refractivity contribution in [3.63, 3.8) is 0 Å². The maximum Gasteiger partial charge on any atom is 0.205 e. The van der Waals surface area contributed by atoms with Crippen molar-refractivity contribution >= 4 is 22.6 Å². The Balaban J connectivity index is 1.51. The Labute approximate surface area is 198 Å². The van der Waals surface area contributed by atoms with Crippen molar-refractivity contribution in [3.8, 4) is 28.6 Å². The average Bonchev–Trinajstić information content (AvgIpc) is 2.80. The highest BCUT2D eigenvalue weighted by molar-refractivity contribution is 6.30. The zero-order valence-electron chi connectivity index (χ0n) is 19.0.